The molecule has 0 amide bonds. The van der Waals surface area contributed by atoms with Crippen LogP contribution in [0.25, 0.3) is 11.0 Å². The van der Waals surface area contributed by atoms with E-state index in [9.17, 15) is 0 Å². The molecule has 3 aromatic rings. The predicted octanol–water partition coefficient (Wildman–Crippen LogP) is 3.33. The minimum Gasteiger partial charge on any atom is -0.491 e. The van der Waals surface area contributed by atoms with E-state index in [-0.39, 0.29) is 12.1 Å². The van der Waals surface area contributed by atoms with E-state index in [4.69, 9.17) is 9.47 Å². The molecule has 2 aromatic heterocycles. The second kappa shape index (κ2) is 6.93. The Balaban J connectivity index is 1.25. The molecule has 2 saturated heterocycles. The highest BCUT2D eigenvalue weighted by molar-refractivity contribution is 5.88. The molecule has 1 saturated carbocycles. The second-order valence-electron chi connectivity index (χ2n) is 9.53. The summed E-state index contributed by atoms with van der Waals surface area (Å²) in [5.41, 5.74) is 3.41. The van der Waals surface area contributed by atoms with Crippen molar-refractivity contribution in [2.75, 3.05) is 38.2 Å². The largest absolute Gasteiger partial charge is 0.491 e. The number of likely N-dealkylation sites (tertiary alicyclic amines) is 1. The first-order chi connectivity index (χ1) is 15.3. The number of aromatic nitrogens is 3. The maximum atomic E-state index is 6.22. The van der Waals surface area contributed by atoms with Crippen LogP contribution >= 0.6 is 0 Å². The van der Waals surface area contributed by atoms with Crippen molar-refractivity contribution in [3.63, 3.8) is 0 Å². The van der Waals surface area contributed by atoms with Crippen LogP contribution in [0, 0.1) is 11.8 Å². The summed E-state index contributed by atoms with van der Waals surface area (Å²) in [6.45, 7) is 4.62. The number of para-hydroxylation sites is 1. The van der Waals surface area contributed by atoms with Crippen LogP contribution in [0.5, 0.6) is 5.75 Å². The average Bonchev–Trinajstić information content (AvgIpc) is 3.20. The van der Waals surface area contributed by atoms with Gasteiger partial charge in [0.25, 0.3) is 0 Å². The predicted molar refractivity (Wildman–Crippen MR) is 117 cm³/mol. The van der Waals surface area contributed by atoms with E-state index in [0.29, 0.717) is 24.4 Å². The summed E-state index contributed by atoms with van der Waals surface area (Å²) < 4.78 is 11.9. The van der Waals surface area contributed by atoms with Crippen molar-refractivity contribution in [1.82, 2.24) is 19.9 Å². The zero-order valence-electron chi connectivity index (χ0n) is 17.5. The number of rotatable bonds is 4. The molecular weight excluding hydrogens is 390 g/mol. The van der Waals surface area contributed by atoms with Gasteiger partial charge in [-0.15, -0.1) is 0 Å². The summed E-state index contributed by atoms with van der Waals surface area (Å²) in [5.74, 6) is 3.83. The van der Waals surface area contributed by atoms with Crippen LogP contribution in [0.15, 0.2) is 36.7 Å². The Labute approximate surface area is 181 Å². The third-order valence-electron chi connectivity index (χ3n) is 7.54. The third kappa shape index (κ3) is 3.02. The number of nitrogens with zero attached hydrogens (tertiary/aromatic N) is 3. The fraction of sp³-hybridized carbons (Fsp3) is 0.500. The van der Waals surface area contributed by atoms with Gasteiger partial charge in [-0.1, -0.05) is 18.2 Å². The Kier molecular flexibility index (Phi) is 4.02. The molecule has 4 aliphatic rings. The van der Waals surface area contributed by atoms with Gasteiger partial charge in [-0.3, -0.25) is 4.90 Å². The van der Waals surface area contributed by atoms with Gasteiger partial charge in [0, 0.05) is 36.2 Å². The summed E-state index contributed by atoms with van der Waals surface area (Å²) in [5, 5.41) is 4.90. The highest BCUT2D eigenvalue weighted by atomic mass is 16.5. The van der Waals surface area contributed by atoms with Crippen molar-refractivity contribution in [2.24, 2.45) is 11.8 Å². The highest BCUT2D eigenvalue weighted by Crippen LogP contribution is 2.43. The molecular formula is C24H27N5O2. The van der Waals surface area contributed by atoms with E-state index in [0.717, 1.165) is 48.9 Å². The second-order valence-corrected chi connectivity index (χ2v) is 9.53. The number of nitrogens with one attached hydrogen (secondary N) is 2. The monoisotopic (exact) mass is 417 g/mol. The summed E-state index contributed by atoms with van der Waals surface area (Å²) >= 11 is 0. The molecule has 7 rings (SSSR count). The normalized spacial score (nSPS) is 30.2. The molecule has 3 fully saturated rings. The molecule has 5 heterocycles. The van der Waals surface area contributed by atoms with Gasteiger partial charge in [-0.05, 0) is 30.9 Å². The SMILES string of the molecule is c1ccc2c(c1)OC[C@H](N1C[C@H]3COC[C@H]3C1)[C@H]2Nc1ncnc2[nH]c(C3CC3)cc12. The Morgan fingerprint density at radius 2 is 1.87 bits per heavy atom. The van der Waals surface area contributed by atoms with Gasteiger partial charge in [-0.2, -0.15) is 0 Å². The number of aromatic amines is 1. The summed E-state index contributed by atoms with van der Waals surface area (Å²) in [6, 6.07) is 11.0. The topological polar surface area (TPSA) is 75.3 Å². The number of fused-ring (bicyclic) bond motifs is 3. The molecule has 160 valence electrons. The van der Waals surface area contributed by atoms with Crippen molar-refractivity contribution >= 4 is 16.9 Å². The van der Waals surface area contributed by atoms with Crippen molar-refractivity contribution < 1.29 is 9.47 Å². The van der Waals surface area contributed by atoms with Gasteiger partial charge < -0.3 is 19.8 Å². The van der Waals surface area contributed by atoms with Crippen molar-refractivity contribution in [1.29, 1.82) is 0 Å². The molecule has 2 N–H and O–H groups in total. The van der Waals surface area contributed by atoms with Gasteiger partial charge in [0.05, 0.1) is 30.7 Å². The molecule has 0 unspecified atom stereocenters. The van der Waals surface area contributed by atoms with Crippen molar-refractivity contribution in [2.45, 2.75) is 30.8 Å². The number of anilines is 1. The molecule has 7 heteroatoms. The zero-order chi connectivity index (χ0) is 20.4. The third-order valence-corrected chi connectivity index (χ3v) is 7.54. The molecule has 0 bridgehead atoms. The van der Waals surface area contributed by atoms with Crippen LogP contribution in [0.1, 0.15) is 36.1 Å². The van der Waals surface area contributed by atoms with E-state index < -0.39 is 0 Å². The summed E-state index contributed by atoms with van der Waals surface area (Å²) in [7, 11) is 0. The lowest BCUT2D eigenvalue weighted by Gasteiger charge is -2.39. The van der Waals surface area contributed by atoms with Crippen LogP contribution in [-0.2, 0) is 4.74 Å². The van der Waals surface area contributed by atoms with Crippen LogP contribution in [0.4, 0.5) is 5.82 Å². The molecule has 7 nitrogen and oxygen atoms in total. The number of hydrogen-bond donors (Lipinski definition) is 2. The Hall–Kier alpha value is -2.64. The van der Waals surface area contributed by atoms with Gasteiger partial charge in [0.2, 0.25) is 0 Å². The van der Waals surface area contributed by atoms with Crippen LogP contribution in [0.2, 0.25) is 0 Å². The van der Waals surface area contributed by atoms with Gasteiger partial charge >= 0.3 is 0 Å². The number of ether oxygens (including phenoxy) is 2. The lowest BCUT2D eigenvalue weighted by atomic mass is 9.95. The molecule has 1 aromatic carbocycles. The molecule has 3 aliphatic heterocycles. The Morgan fingerprint density at radius 3 is 2.71 bits per heavy atom. The lowest BCUT2D eigenvalue weighted by Crippen LogP contribution is -2.47. The van der Waals surface area contributed by atoms with Crippen LogP contribution in [-0.4, -0.2) is 58.8 Å². The lowest BCUT2D eigenvalue weighted by molar-refractivity contribution is 0.0952. The van der Waals surface area contributed by atoms with E-state index in [1.54, 1.807) is 6.33 Å². The maximum absolute atomic E-state index is 6.22. The first kappa shape index (κ1) is 18.0. The zero-order valence-corrected chi connectivity index (χ0v) is 17.5. The Morgan fingerprint density at radius 1 is 1.03 bits per heavy atom. The highest BCUT2D eigenvalue weighted by Gasteiger charge is 2.44. The van der Waals surface area contributed by atoms with E-state index in [1.807, 2.05) is 6.07 Å². The molecule has 0 spiro atoms. The van der Waals surface area contributed by atoms with Crippen LogP contribution in [0.3, 0.4) is 0 Å². The fourth-order valence-corrected chi connectivity index (χ4v) is 5.67. The van der Waals surface area contributed by atoms with Gasteiger partial charge in [0.1, 0.15) is 30.1 Å². The number of H-pyrrole nitrogens is 1. The minimum atomic E-state index is 0.113. The number of hydrogen-bond acceptors (Lipinski definition) is 6. The molecule has 0 radical (unpaired) electrons. The van der Waals surface area contributed by atoms with Gasteiger partial charge in [0.15, 0.2) is 0 Å². The van der Waals surface area contributed by atoms with Crippen LogP contribution < -0.4 is 10.1 Å². The average molecular weight is 418 g/mol. The molecule has 4 atom stereocenters. The first-order valence-corrected chi connectivity index (χ1v) is 11.5. The standard InChI is InChI=1S/C24H27N5O2/c1-2-4-21-17(3-1)22(20(12-31-21)29-8-15-10-30-11-16(15)9-29)28-24-18-7-19(14-5-6-14)27-23(18)25-13-26-24/h1-4,7,13-16,20,22H,5-6,8-12H2,(H2,25,26,27,28)/t15-,16+,20-,22-/m0/s1. The van der Waals surface area contributed by atoms with Crippen molar-refractivity contribution in [3.05, 3.63) is 47.9 Å². The maximum Gasteiger partial charge on any atom is 0.143 e. The van der Waals surface area contributed by atoms with Gasteiger partial charge in [-0.25, -0.2) is 9.97 Å². The van der Waals surface area contributed by atoms with E-state index >= 15 is 0 Å². The first-order valence-electron chi connectivity index (χ1n) is 11.5. The Bertz CT molecular complexity index is 1110. The molecule has 31 heavy (non-hydrogen) atoms. The quantitative estimate of drug-likeness (QED) is 0.678. The summed E-state index contributed by atoms with van der Waals surface area (Å²) in [6.07, 6.45) is 4.19. The van der Waals surface area contributed by atoms with E-state index in [2.05, 4.69) is 49.4 Å². The summed E-state index contributed by atoms with van der Waals surface area (Å²) in [4.78, 5) is 15.3. The molecule has 1 aliphatic carbocycles. The fourth-order valence-electron chi connectivity index (χ4n) is 5.67. The van der Waals surface area contributed by atoms with E-state index in [1.165, 1.54) is 24.1 Å². The smallest absolute Gasteiger partial charge is 0.143 e. The minimum absolute atomic E-state index is 0.113. The van der Waals surface area contributed by atoms with Crippen molar-refractivity contribution in [3.8, 4) is 5.75 Å². The number of benzene rings is 1.